The number of piperazine rings is 1. The molecule has 0 spiro atoms. The van der Waals surface area contributed by atoms with Gasteiger partial charge in [-0.3, -0.25) is 9.59 Å². The first-order valence-electron chi connectivity index (χ1n) is 10.2. The van der Waals surface area contributed by atoms with Crippen molar-refractivity contribution in [1.82, 2.24) is 9.80 Å². The quantitative estimate of drug-likeness (QED) is 0.592. The molecule has 1 aliphatic heterocycles. The Hall–Kier alpha value is -3.49. The summed E-state index contributed by atoms with van der Waals surface area (Å²) in [4.78, 5) is 40.3. The molecule has 0 atom stereocenters. The topological polar surface area (TPSA) is 98.5 Å². The predicted molar refractivity (Wildman–Crippen MR) is 110 cm³/mol. The number of carbonyl (C=O) groups is 3. The molecule has 2 amide bonds. The van der Waals surface area contributed by atoms with Crippen LogP contribution in [-0.4, -0.2) is 73.6 Å². The molecule has 0 aliphatic carbocycles. The molecule has 9 nitrogen and oxygen atoms in total. The third-order valence-electron chi connectivity index (χ3n) is 4.76. The van der Waals surface area contributed by atoms with Gasteiger partial charge in [0.15, 0.2) is 23.9 Å². The highest BCUT2D eigenvalue weighted by atomic mass is 16.5. The normalized spacial score (nSPS) is 13.6. The van der Waals surface area contributed by atoms with Crippen LogP contribution in [0.4, 0.5) is 0 Å². The van der Waals surface area contributed by atoms with Crippen molar-refractivity contribution in [2.75, 3.05) is 46.0 Å². The molecule has 31 heavy (non-hydrogen) atoms. The first-order valence-corrected chi connectivity index (χ1v) is 10.2. The molecule has 1 aromatic heterocycles. The van der Waals surface area contributed by atoms with E-state index in [1.54, 1.807) is 40.1 Å². The highest BCUT2D eigenvalue weighted by molar-refractivity contribution is 5.93. The molecule has 3 rings (SSSR count). The van der Waals surface area contributed by atoms with E-state index in [0.29, 0.717) is 50.9 Å². The second kappa shape index (κ2) is 10.5. The Morgan fingerprint density at radius 1 is 0.935 bits per heavy atom. The van der Waals surface area contributed by atoms with Gasteiger partial charge in [0.05, 0.1) is 25.0 Å². The van der Waals surface area contributed by atoms with Gasteiger partial charge in [0.2, 0.25) is 0 Å². The molecule has 0 saturated carbocycles. The minimum absolute atomic E-state index is 0.205. The maximum Gasteiger partial charge on any atom is 0.338 e. The van der Waals surface area contributed by atoms with Crippen LogP contribution in [-0.2, 0) is 9.53 Å². The summed E-state index contributed by atoms with van der Waals surface area (Å²) in [7, 11) is 0. The van der Waals surface area contributed by atoms with Crippen LogP contribution in [0.15, 0.2) is 41.0 Å². The minimum atomic E-state index is -0.621. The molecular formula is C22H26N2O7. The number of amides is 2. The summed E-state index contributed by atoms with van der Waals surface area (Å²) in [6, 6.07) is 8.02. The number of ether oxygens (including phenoxy) is 3. The van der Waals surface area contributed by atoms with Gasteiger partial charge in [-0.15, -0.1) is 0 Å². The van der Waals surface area contributed by atoms with E-state index in [0.717, 1.165) is 0 Å². The zero-order chi connectivity index (χ0) is 22.2. The van der Waals surface area contributed by atoms with E-state index in [2.05, 4.69) is 0 Å². The molecule has 2 heterocycles. The molecule has 1 aromatic carbocycles. The van der Waals surface area contributed by atoms with Crippen LogP contribution >= 0.6 is 0 Å². The van der Waals surface area contributed by atoms with Gasteiger partial charge in [-0.05, 0) is 44.2 Å². The van der Waals surface area contributed by atoms with E-state index in [-0.39, 0.29) is 29.7 Å². The van der Waals surface area contributed by atoms with E-state index in [9.17, 15) is 14.4 Å². The zero-order valence-electron chi connectivity index (χ0n) is 17.7. The molecule has 1 saturated heterocycles. The first-order chi connectivity index (χ1) is 15.0. The summed E-state index contributed by atoms with van der Waals surface area (Å²) in [6.07, 6.45) is 1.45. The molecule has 1 aliphatic rings. The van der Waals surface area contributed by atoms with E-state index >= 15 is 0 Å². The second-order valence-electron chi connectivity index (χ2n) is 6.75. The molecule has 2 aromatic rings. The summed E-state index contributed by atoms with van der Waals surface area (Å²) >= 11 is 0. The van der Waals surface area contributed by atoms with Gasteiger partial charge in [-0.2, -0.15) is 0 Å². The summed E-state index contributed by atoms with van der Waals surface area (Å²) in [5, 5.41) is 0. The Kier molecular flexibility index (Phi) is 7.53. The lowest BCUT2D eigenvalue weighted by Crippen LogP contribution is -2.51. The van der Waals surface area contributed by atoms with Crippen molar-refractivity contribution in [3.05, 3.63) is 47.9 Å². The number of furan rings is 1. The molecule has 166 valence electrons. The van der Waals surface area contributed by atoms with E-state index in [4.69, 9.17) is 18.6 Å². The Morgan fingerprint density at radius 2 is 1.61 bits per heavy atom. The van der Waals surface area contributed by atoms with Crippen molar-refractivity contribution < 1.29 is 33.0 Å². The van der Waals surface area contributed by atoms with Crippen molar-refractivity contribution in [3.63, 3.8) is 0 Å². The lowest BCUT2D eigenvalue weighted by molar-refractivity contribution is -0.136. The first kappa shape index (κ1) is 22.2. The van der Waals surface area contributed by atoms with Gasteiger partial charge in [-0.1, -0.05) is 0 Å². The summed E-state index contributed by atoms with van der Waals surface area (Å²) < 4.78 is 21.3. The van der Waals surface area contributed by atoms with Crippen molar-refractivity contribution in [3.8, 4) is 11.5 Å². The minimum Gasteiger partial charge on any atom is -0.490 e. The van der Waals surface area contributed by atoms with Crippen LogP contribution in [0.5, 0.6) is 11.5 Å². The van der Waals surface area contributed by atoms with Crippen LogP contribution in [0.3, 0.4) is 0 Å². The number of nitrogens with zero attached hydrogens (tertiary/aromatic N) is 2. The van der Waals surface area contributed by atoms with Gasteiger partial charge >= 0.3 is 5.97 Å². The number of rotatable bonds is 8. The Labute approximate surface area is 180 Å². The second-order valence-corrected chi connectivity index (χ2v) is 6.75. The maximum absolute atomic E-state index is 12.4. The Balaban J connectivity index is 1.50. The summed E-state index contributed by atoms with van der Waals surface area (Å²) in [6.45, 7) is 5.70. The lowest BCUT2D eigenvalue weighted by atomic mass is 10.2. The molecule has 0 N–H and O–H groups in total. The number of hydrogen-bond donors (Lipinski definition) is 0. The number of hydrogen-bond acceptors (Lipinski definition) is 7. The van der Waals surface area contributed by atoms with E-state index in [1.807, 2.05) is 13.8 Å². The molecule has 9 heteroatoms. The predicted octanol–water partition coefficient (Wildman–Crippen LogP) is 2.22. The van der Waals surface area contributed by atoms with Gasteiger partial charge in [0.1, 0.15) is 0 Å². The third kappa shape index (κ3) is 5.56. The van der Waals surface area contributed by atoms with Crippen LogP contribution in [0.2, 0.25) is 0 Å². The van der Waals surface area contributed by atoms with Crippen LogP contribution < -0.4 is 9.47 Å². The maximum atomic E-state index is 12.4. The van der Waals surface area contributed by atoms with E-state index in [1.165, 1.54) is 6.26 Å². The Bertz CT molecular complexity index is 903. The number of esters is 1. The fourth-order valence-corrected chi connectivity index (χ4v) is 3.20. The number of benzene rings is 1. The number of carbonyl (C=O) groups excluding carboxylic acids is 3. The SMILES string of the molecule is CCOc1ccc(C(=O)OCC(=O)N2CCN(C(=O)c3ccco3)CC2)cc1OCC. The third-order valence-corrected chi connectivity index (χ3v) is 4.76. The fourth-order valence-electron chi connectivity index (χ4n) is 3.20. The van der Waals surface area contributed by atoms with E-state index < -0.39 is 5.97 Å². The largest absolute Gasteiger partial charge is 0.490 e. The van der Waals surface area contributed by atoms with Crippen molar-refractivity contribution in [2.24, 2.45) is 0 Å². The Morgan fingerprint density at radius 3 is 2.26 bits per heavy atom. The van der Waals surface area contributed by atoms with Gasteiger partial charge in [0, 0.05) is 26.2 Å². The molecular weight excluding hydrogens is 404 g/mol. The average molecular weight is 430 g/mol. The molecule has 0 radical (unpaired) electrons. The van der Waals surface area contributed by atoms with Crippen molar-refractivity contribution in [2.45, 2.75) is 13.8 Å². The zero-order valence-corrected chi connectivity index (χ0v) is 17.7. The fraction of sp³-hybridized carbons (Fsp3) is 0.409. The monoisotopic (exact) mass is 430 g/mol. The van der Waals surface area contributed by atoms with Crippen molar-refractivity contribution in [1.29, 1.82) is 0 Å². The molecule has 1 fully saturated rings. The summed E-state index contributed by atoms with van der Waals surface area (Å²) in [5.41, 5.74) is 0.272. The lowest BCUT2D eigenvalue weighted by Gasteiger charge is -2.34. The van der Waals surface area contributed by atoms with Gasteiger partial charge in [0.25, 0.3) is 11.8 Å². The average Bonchev–Trinajstić information content (AvgIpc) is 3.33. The van der Waals surface area contributed by atoms with Gasteiger partial charge in [-0.25, -0.2) is 4.79 Å². The van der Waals surface area contributed by atoms with Crippen LogP contribution in [0, 0.1) is 0 Å². The summed E-state index contributed by atoms with van der Waals surface area (Å²) in [5.74, 6) is 0.124. The standard InChI is InChI=1S/C22H26N2O7/c1-3-28-17-8-7-16(14-19(17)29-4-2)22(27)31-15-20(25)23-9-11-24(12-10-23)21(26)18-6-5-13-30-18/h5-8,13-14H,3-4,9-12,15H2,1-2H3. The molecule has 0 bridgehead atoms. The van der Waals surface area contributed by atoms with Gasteiger partial charge < -0.3 is 28.4 Å². The highest BCUT2D eigenvalue weighted by Gasteiger charge is 2.26. The molecule has 0 unspecified atom stereocenters. The highest BCUT2D eigenvalue weighted by Crippen LogP contribution is 2.28. The van der Waals surface area contributed by atoms with Crippen molar-refractivity contribution >= 4 is 17.8 Å². The smallest absolute Gasteiger partial charge is 0.338 e. The van der Waals surface area contributed by atoms with Crippen LogP contribution in [0.25, 0.3) is 0 Å². The van der Waals surface area contributed by atoms with Crippen LogP contribution in [0.1, 0.15) is 34.8 Å².